The Hall–Kier alpha value is -1.72. The molecular weight excluding hydrogens is 332 g/mol. The lowest BCUT2D eigenvalue weighted by Gasteiger charge is -2.15. The summed E-state index contributed by atoms with van der Waals surface area (Å²) in [6, 6.07) is 11.6. The van der Waals surface area contributed by atoms with E-state index in [9.17, 15) is 4.79 Å². The maximum absolute atomic E-state index is 11.9. The van der Waals surface area contributed by atoms with Crippen molar-refractivity contribution in [1.29, 1.82) is 0 Å². The van der Waals surface area contributed by atoms with Crippen LogP contribution in [0.1, 0.15) is 17.4 Å². The summed E-state index contributed by atoms with van der Waals surface area (Å²) >= 11 is 7.42. The van der Waals surface area contributed by atoms with Crippen LogP contribution in [0.4, 0.5) is 4.79 Å². The molecule has 2 amide bonds. The van der Waals surface area contributed by atoms with Gasteiger partial charge in [-0.2, -0.15) is 0 Å². The number of hydrogen-bond donors (Lipinski definition) is 2. The fourth-order valence-corrected chi connectivity index (χ4v) is 3.35. The van der Waals surface area contributed by atoms with Crippen LogP contribution in [0, 0.1) is 0 Å². The van der Waals surface area contributed by atoms with E-state index < -0.39 is 0 Å². The maximum Gasteiger partial charge on any atom is 0.315 e. The van der Waals surface area contributed by atoms with Gasteiger partial charge in [0.2, 0.25) is 0 Å². The molecule has 2 N–H and O–H groups in total. The van der Waals surface area contributed by atoms with Crippen LogP contribution in [0.2, 0.25) is 4.34 Å². The summed E-state index contributed by atoms with van der Waals surface area (Å²) < 4.78 is 5.98. The van der Waals surface area contributed by atoms with E-state index in [1.807, 2.05) is 43.3 Å². The van der Waals surface area contributed by atoms with Gasteiger partial charge in [-0.3, -0.25) is 0 Å². The fraction of sp³-hybridized carbons (Fsp3) is 0.353. The molecule has 0 spiro atoms. The van der Waals surface area contributed by atoms with Crippen LogP contribution in [0.3, 0.4) is 0 Å². The number of amides is 2. The van der Waals surface area contributed by atoms with Crippen LogP contribution in [-0.2, 0) is 12.8 Å². The largest absolute Gasteiger partial charge is 0.497 e. The molecule has 0 saturated heterocycles. The predicted octanol–water partition coefficient (Wildman–Crippen LogP) is 3.88. The minimum Gasteiger partial charge on any atom is -0.497 e. The Morgan fingerprint density at radius 1 is 1.35 bits per heavy atom. The summed E-state index contributed by atoms with van der Waals surface area (Å²) in [5.41, 5.74) is 1.13. The molecule has 1 unspecified atom stereocenters. The smallest absolute Gasteiger partial charge is 0.315 e. The van der Waals surface area contributed by atoms with Crippen molar-refractivity contribution in [2.45, 2.75) is 25.8 Å². The van der Waals surface area contributed by atoms with Gasteiger partial charge in [-0.05, 0) is 49.6 Å². The molecule has 4 nitrogen and oxygen atoms in total. The minimum absolute atomic E-state index is 0.0401. The number of ether oxygens (including phenoxy) is 1. The number of benzene rings is 1. The van der Waals surface area contributed by atoms with E-state index >= 15 is 0 Å². The van der Waals surface area contributed by atoms with Gasteiger partial charge in [0, 0.05) is 17.5 Å². The number of carbonyl (C=O) groups excluding carboxylic acids is 1. The molecule has 0 bridgehead atoms. The summed E-state index contributed by atoms with van der Waals surface area (Å²) in [4.78, 5) is 13.1. The van der Waals surface area contributed by atoms with Crippen molar-refractivity contribution < 1.29 is 9.53 Å². The number of urea groups is 1. The fourth-order valence-electron chi connectivity index (χ4n) is 2.26. The molecular formula is C17H21ClN2O2S. The lowest BCUT2D eigenvalue weighted by Crippen LogP contribution is -2.42. The van der Waals surface area contributed by atoms with Gasteiger partial charge in [0.05, 0.1) is 11.4 Å². The molecule has 6 heteroatoms. The Kier molecular flexibility index (Phi) is 6.74. The Morgan fingerprint density at radius 2 is 2.17 bits per heavy atom. The molecule has 0 aliphatic rings. The Morgan fingerprint density at radius 3 is 2.87 bits per heavy atom. The number of halogens is 1. The Bertz CT molecular complexity index is 645. The van der Waals surface area contributed by atoms with Crippen molar-refractivity contribution in [3.8, 4) is 5.75 Å². The second kappa shape index (κ2) is 8.79. The van der Waals surface area contributed by atoms with Gasteiger partial charge in [-0.25, -0.2) is 4.79 Å². The summed E-state index contributed by atoms with van der Waals surface area (Å²) in [5.74, 6) is 0.828. The third-order valence-electron chi connectivity index (χ3n) is 3.34. The summed E-state index contributed by atoms with van der Waals surface area (Å²) in [7, 11) is 1.65. The molecule has 0 aliphatic heterocycles. The highest BCUT2D eigenvalue weighted by Crippen LogP contribution is 2.21. The zero-order valence-electron chi connectivity index (χ0n) is 13.3. The zero-order valence-corrected chi connectivity index (χ0v) is 14.8. The molecule has 0 saturated carbocycles. The predicted molar refractivity (Wildman–Crippen MR) is 95.7 cm³/mol. The number of carbonyl (C=O) groups is 1. The lowest BCUT2D eigenvalue weighted by molar-refractivity contribution is 0.238. The molecule has 124 valence electrons. The number of thiophene rings is 1. The molecule has 0 radical (unpaired) electrons. The zero-order chi connectivity index (χ0) is 16.7. The number of hydrogen-bond acceptors (Lipinski definition) is 3. The highest BCUT2D eigenvalue weighted by atomic mass is 35.5. The molecule has 0 fully saturated rings. The number of rotatable bonds is 7. The first-order valence-electron chi connectivity index (χ1n) is 7.48. The van der Waals surface area contributed by atoms with Crippen molar-refractivity contribution in [2.24, 2.45) is 0 Å². The van der Waals surface area contributed by atoms with Crippen LogP contribution in [-0.4, -0.2) is 25.7 Å². The standard InChI is InChI=1S/C17H21ClN2O2S/c1-12(10-13-4-3-5-14(11-13)22-2)20-17(21)19-9-8-15-6-7-16(18)23-15/h3-7,11-12H,8-10H2,1-2H3,(H2,19,20,21). The third-order valence-corrected chi connectivity index (χ3v) is 4.63. The Balaban J connectivity index is 1.71. The van der Waals surface area contributed by atoms with Gasteiger partial charge < -0.3 is 15.4 Å². The van der Waals surface area contributed by atoms with E-state index in [-0.39, 0.29) is 12.1 Å². The van der Waals surface area contributed by atoms with E-state index in [2.05, 4.69) is 10.6 Å². The molecule has 1 aromatic heterocycles. The number of nitrogens with one attached hydrogen (secondary N) is 2. The first kappa shape index (κ1) is 17.6. The van der Waals surface area contributed by atoms with Gasteiger partial charge in [0.25, 0.3) is 0 Å². The highest BCUT2D eigenvalue weighted by Gasteiger charge is 2.08. The Labute approximate surface area is 145 Å². The van der Waals surface area contributed by atoms with Crippen LogP contribution >= 0.6 is 22.9 Å². The second-order valence-corrected chi connectivity index (χ2v) is 7.11. The van der Waals surface area contributed by atoms with Gasteiger partial charge in [0.1, 0.15) is 5.75 Å². The van der Waals surface area contributed by atoms with Gasteiger partial charge in [-0.1, -0.05) is 23.7 Å². The molecule has 23 heavy (non-hydrogen) atoms. The summed E-state index contributed by atoms with van der Waals surface area (Å²) in [6.07, 6.45) is 1.54. The molecule has 1 atom stereocenters. The first-order chi connectivity index (χ1) is 11.1. The summed E-state index contributed by atoms with van der Waals surface area (Å²) in [5, 5.41) is 5.81. The molecule has 1 aromatic carbocycles. The maximum atomic E-state index is 11.9. The molecule has 2 rings (SSSR count). The quantitative estimate of drug-likeness (QED) is 0.794. The monoisotopic (exact) mass is 352 g/mol. The van der Waals surface area contributed by atoms with Crippen LogP contribution in [0.5, 0.6) is 5.75 Å². The third kappa shape index (κ3) is 6.12. The van der Waals surface area contributed by atoms with Crippen molar-refractivity contribution in [3.63, 3.8) is 0 Å². The average molecular weight is 353 g/mol. The van der Waals surface area contributed by atoms with Crippen LogP contribution in [0.15, 0.2) is 36.4 Å². The van der Waals surface area contributed by atoms with Gasteiger partial charge in [0.15, 0.2) is 0 Å². The average Bonchev–Trinajstić information content (AvgIpc) is 2.92. The van der Waals surface area contributed by atoms with Gasteiger partial charge >= 0.3 is 6.03 Å². The van der Waals surface area contributed by atoms with Crippen molar-refractivity contribution in [3.05, 3.63) is 51.2 Å². The molecule has 1 heterocycles. The van der Waals surface area contributed by atoms with Crippen molar-refractivity contribution in [2.75, 3.05) is 13.7 Å². The van der Waals surface area contributed by atoms with E-state index in [4.69, 9.17) is 16.3 Å². The minimum atomic E-state index is -0.150. The van der Waals surface area contributed by atoms with Crippen molar-refractivity contribution in [1.82, 2.24) is 10.6 Å². The second-order valence-electron chi connectivity index (χ2n) is 5.31. The van der Waals surface area contributed by atoms with Crippen LogP contribution in [0.25, 0.3) is 0 Å². The normalized spacial score (nSPS) is 11.8. The number of methoxy groups -OCH3 is 1. The van der Waals surface area contributed by atoms with E-state index in [1.54, 1.807) is 18.4 Å². The summed E-state index contributed by atoms with van der Waals surface area (Å²) in [6.45, 7) is 2.58. The highest BCUT2D eigenvalue weighted by molar-refractivity contribution is 7.16. The molecule has 2 aromatic rings. The van der Waals surface area contributed by atoms with E-state index in [1.165, 1.54) is 4.88 Å². The van der Waals surface area contributed by atoms with Crippen LogP contribution < -0.4 is 15.4 Å². The molecule has 0 aliphatic carbocycles. The van der Waals surface area contributed by atoms with Gasteiger partial charge in [-0.15, -0.1) is 11.3 Å². The first-order valence-corrected chi connectivity index (χ1v) is 8.68. The van der Waals surface area contributed by atoms with Crippen molar-refractivity contribution >= 4 is 29.0 Å². The topological polar surface area (TPSA) is 50.4 Å². The van der Waals surface area contributed by atoms with E-state index in [0.29, 0.717) is 6.54 Å². The lowest BCUT2D eigenvalue weighted by atomic mass is 10.1. The SMILES string of the molecule is COc1cccc(CC(C)NC(=O)NCCc2ccc(Cl)s2)c1. The van der Waals surface area contributed by atoms with E-state index in [0.717, 1.165) is 28.5 Å².